The quantitative estimate of drug-likeness (QED) is 0.788. The fourth-order valence-electron chi connectivity index (χ4n) is 2.92. The highest BCUT2D eigenvalue weighted by Crippen LogP contribution is 2.29. The van der Waals surface area contributed by atoms with Crippen LogP contribution >= 0.6 is 0 Å². The Morgan fingerprint density at radius 3 is 2.36 bits per heavy atom. The monoisotopic (exact) mass is 346 g/mol. The number of carboxylic acid groups (broad SMARTS) is 1. The predicted molar refractivity (Wildman–Crippen MR) is 97.0 cm³/mol. The summed E-state index contributed by atoms with van der Waals surface area (Å²) >= 11 is 0. The van der Waals surface area contributed by atoms with E-state index in [2.05, 4.69) is 10.3 Å². The van der Waals surface area contributed by atoms with Gasteiger partial charge in [-0.2, -0.15) is 0 Å². The van der Waals surface area contributed by atoms with Gasteiger partial charge in [0.1, 0.15) is 11.6 Å². The number of hydrogen-bond donors (Lipinski definition) is 3. The minimum absolute atomic E-state index is 0.185. The number of aromatic amines is 1. The van der Waals surface area contributed by atoms with E-state index in [4.69, 9.17) is 4.74 Å². The number of aliphatic carboxylic acids is 1. The molecule has 1 unspecified atom stereocenters. The summed E-state index contributed by atoms with van der Waals surface area (Å²) in [5.74, 6) is -1.09. The average Bonchev–Trinajstić information content (AvgIpc) is 2.78. The van der Waals surface area contributed by atoms with Gasteiger partial charge in [-0.15, -0.1) is 0 Å². The molecule has 0 spiro atoms. The first-order chi connectivity index (χ1) is 11.5. The Hall–Kier alpha value is -2.50. The van der Waals surface area contributed by atoms with Crippen LogP contribution in [0.4, 0.5) is 4.79 Å². The smallest absolute Gasteiger partial charge is 0.408 e. The summed E-state index contributed by atoms with van der Waals surface area (Å²) in [6.07, 6.45) is -0.546. The van der Waals surface area contributed by atoms with Crippen LogP contribution < -0.4 is 5.32 Å². The summed E-state index contributed by atoms with van der Waals surface area (Å²) in [5.41, 5.74) is 4.30. The Bertz CT molecular complexity index is 815. The minimum atomic E-state index is -1.09. The Kier molecular flexibility index (Phi) is 5.11. The Labute approximate surface area is 147 Å². The minimum Gasteiger partial charge on any atom is -0.480 e. The Morgan fingerprint density at radius 2 is 1.80 bits per heavy atom. The van der Waals surface area contributed by atoms with Crippen molar-refractivity contribution in [2.75, 3.05) is 0 Å². The topological polar surface area (TPSA) is 91.4 Å². The van der Waals surface area contributed by atoms with Gasteiger partial charge in [-0.05, 0) is 58.2 Å². The van der Waals surface area contributed by atoms with E-state index in [1.807, 2.05) is 32.9 Å². The number of H-pyrrole nitrogens is 1. The number of rotatable bonds is 4. The molecule has 1 atom stereocenters. The fourth-order valence-corrected chi connectivity index (χ4v) is 2.92. The predicted octanol–water partition coefficient (Wildman–Crippen LogP) is 3.61. The van der Waals surface area contributed by atoms with Crippen LogP contribution in [0.1, 0.15) is 43.2 Å². The molecule has 1 aromatic heterocycles. The second kappa shape index (κ2) is 6.78. The summed E-state index contributed by atoms with van der Waals surface area (Å²) < 4.78 is 5.18. The number of ether oxygens (including phenoxy) is 1. The maximum absolute atomic E-state index is 12.0. The van der Waals surface area contributed by atoms with E-state index in [-0.39, 0.29) is 6.42 Å². The second-order valence-corrected chi connectivity index (χ2v) is 7.42. The van der Waals surface area contributed by atoms with Crippen LogP contribution in [0.25, 0.3) is 10.9 Å². The molecule has 2 aromatic rings. The van der Waals surface area contributed by atoms with Crippen molar-refractivity contribution in [2.24, 2.45) is 0 Å². The maximum atomic E-state index is 12.0. The molecular weight excluding hydrogens is 320 g/mol. The zero-order chi connectivity index (χ0) is 18.9. The number of carboxylic acids is 1. The number of hydrogen-bond acceptors (Lipinski definition) is 3. The molecule has 6 nitrogen and oxygen atoms in total. The number of carbonyl (C=O) groups is 2. The van der Waals surface area contributed by atoms with E-state index in [1.165, 1.54) is 0 Å². The van der Waals surface area contributed by atoms with Gasteiger partial charge in [0.2, 0.25) is 0 Å². The van der Waals surface area contributed by atoms with E-state index in [1.54, 1.807) is 20.8 Å². The second-order valence-electron chi connectivity index (χ2n) is 7.42. The fraction of sp³-hybridized carbons (Fsp3) is 0.474. The lowest BCUT2D eigenvalue weighted by atomic mass is 9.98. The van der Waals surface area contributed by atoms with E-state index in [0.29, 0.717) is 0 Å². The summed E-state index contributed by atoms with van der Waals surface area (Å²) in [6.45, 7) is 11.1. The van der Waals surface area contributed by atoms with Crippen LogP contribution in [0.15, 0.2) is 12.1 Å². The molecule has 0 aliphatic carbocycles. The lowest BCUT2D eigenvalue weighted by Gasteiger charge is -2.22. The van der Waals surface area contributed by atoms with Crippen molar-refractivity contribution in [3.63, 3.8) is 0 Å². The Balaban J connectivity index is 2.33. The molecule has 3 N–H and O–H groups in total. The molecule has 0 bridgehead atoms. The molecule has 0 saturated carbocycles. The number of amides is 1. The van der Waals surface area contributed by atoms with Crippen LogP contribution in [-0.4, -0.2) is 33.8 Å². The van der Waals surface area contributed by atoms with Crippen LogP contribution in [0.3, 0.4) is 0 Å². The molecule has 1 heterocycles. The van der Waals surface area contributed by atoms with Crippen LogP contribution in [0, 0.1) is 20.8 Å². The highest BCUT2D eigenvalue weighted by atomic mass is 16.6. The third-order valence-electron chi connectivity index (χ3n) is 4.09. The van der Waals surface area contributed by atoms with Crippen LogP contribution in [0.5, 0.6) is 0 Å². The molecule has 6 heteroatoms. The first kappa shape index (κ1) is 18.8. The van der Waals surface area contributed by atoms with Crippen molar-refractivity contribution in [2.45, 2.75) is 59.6 Å². The molecule has 0 saturated heterocycles. The molecule has 1 amide bonds. The molecule has 25 heavy (non-hydrogen) atoms. The van der Waals surface area contributed by atoms with Gasteiger partial charge in [-0.3, -0.25) is 0 Å². The third kappa shape index (κ3) is 4.32. The van der Waals surface area contributed by atoms with Gasteiger partial charge in [-0.1, -0.05) is 12.1 Å². The molecule has 0 aliphatic heterocycles. The van der Waals surface area contributed by atoms with Crippen molar-refractivity contribution in [3.8, 4) is 0 Å². The molecule has 1 aromatic carbocycles. The van der Waals surface area contributed by atoms with E-state index in [9.17, 15) is 14.7 Å². The zero-order valence-corrected chi connectivity index (χ0v) is 15.6. The number of fused-ring (bicyclic) bond motifs is 1. The van der Waals surface area contributed by atoms with Crippen LogP contribution in [0.2, 0.25) is 0 Å². The summed E-state index contributed by atoms with van der Waals surface area (Å²) in [5, 5.41) is 13.0. The molecule has 2 rings (SSSR count). The lowest BCUT2D eigenvalue weighted by molar-refractivity contribution is -0.139. The van der Waals surface area contributed by atoms with Gasteiger partial charge in [0.15, 0.2) is 0 Å². The van der Waals surface area contributed by atoms with Crippen molar-refractivity contribution >= 4 is 23.0 Å². The normalized spacial score (nSPS) is 12.9. The van der Waals surface area contributed by atoms with Crippen molar-refractivity contribution in [3.05, 3.63) is 34.5 Å². The molecular formula is C19H26N2O4. The largest absolute Gasteiger partial charge is 0.480 e. The van der Waals surface area contributed by atoms with Crippen molar-refractivity contribution < 1.29 is 19.4 Å². The van der Waals surface area contributed by atoms with Crippen LogP contribution in [-0.2, 0) is 16.0 Å². The standard InChI is InChI=1S/C19H26N2O4/c1-10-7-8-11(2)16-15(10)13(12(3)20-16)9-14(17(22)23)21-18(24)25-19(4,5)6/h7-8,14,20H,9H2,1-6H3,(H,21,24)(H,22,23). The molecule has 136 valence electrons. The summed E-state index contributed by atoms with van der Waals surface area (Å²) in [4.78, 5) is 26.9. The van der Waals surface area contributed by atoms with Gasteiger partial charge in [0.05, 0.1) is 0 Å². The number of aryl methyl sites for hydroxylation is 3. The summed E-state index contributed by atoms with van der Waals surface area (Å²) in [7, 11) is 0. The Morgan fingerprint density at radius 1 is 1.20 bits per heavy atom. The molecule has 0 radical (unpaired) electrons. The first-order valence-electron chi connectivity index (χ1n) is 8.29. The van der Waals surface area contributed by atoms with Gasteiger partial charge in [0.25, 0.3) is 0 Å². The number of nitrogens with one attached hydrogen (secondary N) is 2. The van der Waals surface area contributed by atoms with Gasteiger partial charge >= 0.3 is 12.1 Å². The average molecular weight is 346 g/mol. The number of aromatic nitrogens is 1. The SMILES string of the molecule is Cc1[nH]c2c(C)ccc(C)c2c1CC(NC(=O)OC(C)(C)C)C(=O)O. The highest BCUT2D eigenvalue weighted by Gasteiger charge is 2.26. The van der Waals surface area contributed by atoms with Crippen molar-refractivity contribution in [1.29, 1.82) is 0 Å². The number of benzene rings is 1. The van der Waals surface area contributed by atoms with Crippen molar-refractivity contribution in [1.82, 2.24) is 10.3 Å². The highest BCUT2D eigenvalue weighted by molar-refractivity contribution is 5.91. The van der Waals surface area contributed by atoms with E-state index >= 15 is 0 Å². The van der Waals surface area contributed by atoms with E-state index < -0.39 is 23.7 Å². The number of carbonyl (C=O) groups excluding carboxylic acids is 1. The lowest BCUT2D eigenvalue weighted by Crippen LogP contribution is -2.44. The maximum Gasteiger partial charge on any atom is 0.408 e. The van der Waals surface area contributed by atoms with Gasteiger partial charge in [-0.25, -0.2) is 9.59 Å². The third-order valence-corrected chi connectivity index (χ3v) is 4.09. The first-order valence-corrected chi connectivity index (χ1v) is 8.29. The summed E-state index contributed by atoms with van der Waals surface area (Å²) in [6, 6.07) is 2.99. The molecule has 0 fully saturated rings. The zero-order valence-electron chi connectivity index (χ0n) is 15.6. The number of alkyl carbamates (subject to hydrolysis) is 1. The van der Waals surface area contributed by atoms with Gasteiger partial charge in [0, 0.05) is 23.0 Å². The molecule has 0 aliphatic rings. The van der Waals surface area contributed by atoms with E-state index in [0.717, 1.165) is 33.3 Å². The van der Waals surface area contributed by atoms with Gasteiger partial charge < -0.3 is 20.1 Å².